The number of benzene rings is 1. The first-order valence-electron chi connectivity index (χ1n) is 5.40. The van der Waals surface area contributed by atoms with Crippen LogP contribution in [0.4, 0.5) is 18.9 Å². The highest BCUT2D eigenvalue weighted by Crippen LogP contribution is 2.23. The molecule has 1 aromatic heterocycles. The molecule has 0 amide bonds. The highest BCUT2D eigenvalue weighted by atomic mass is 19.1. The number of halogens is 3. The molecule has 1 atom stereocenters. The number of rotatable bonds is 3. The molecule has 0 saturated carbocycles. The maximum atomic E-state index is 13.5. The first-order valence-corrected chi connectivity index (χ1v) is 5.40. The smallest absolute Gasteiger partial charge is 0.212 e. The van der Waals surface area contributed by atoms with Gasteiger partial charge in [0, 0.05) is 5.56 Å². The van der Waals surface area contributed by atoms with Crippen molar-refractivity contribution >= 4 is 5.69 Å². The highest BCUT2D eigenvalue weighted by molar-refractivity contribution is 5.43. The molecule has 2 rings (SSSR count). The third-order valence-corrected chi connectivity index (χ3v) is 2.54. The second kappa shape index (κ2) is 5.08. The van der Waals surface area contributed by atoms with Gasteiger partial charge in [-0.05, 0) is 31.2 Å². The summed E-state index contributed by atoms with van der Waals surface area (Å²) in [5.74, 6) is -1.85. The SMILES string of the molecule is CC(Nc1ccc(F)nc1)c1c(F)cccc1F. The van der Waals surface area contributed by atoms with E-state index in [0.29, 0.717) is 5.69 Å². The molecule has 0 spiro atoms. The second-order valence-corrected chi connectivity index (χ2v) is 3.87. The third kappa shape index (κ3) is 2.61. The fourth-order valence-electron chi connectivity index (χ4n) is 1.71. The largest absolute Gasteiger partial charge is 0.377 e. The van der Waals surface area contributed by atoms with E-state index in [2.05, 4.69) is 10.3 Å². The molecule has 2 aromatic rings. The standard InChI is InChI=1S/C13H11F3N2/c1-8(13-10(14)3-2-4-11(13)15)18-9-5-6-12(16)17-7-9/h2-8,18H,1H3. The maximum absolute atomic E-state index is 13.5. The zero-order chi connectivity index (χ0) is 13.1. The highest BCUT2D eigenvalue weighted by Gasteiger charge is 2.15. The summed E-state index contributed by atoms with van der Waals surface area (Å²) in [5, 5.41) is 2.86. The molecule has 0 aliphatic rings. The Morgan fingerprint density at radius 1 is 1.06 bits per heavy atom. The van der Waals surface area contributed by atoms with Crippen LogP contribution in [0.25, 0.3) is 0 Å². The lowest BCUT2D eigenvalue weighted by atomic mass is 10.1. The fraction of sp³-hybridized carbons (Fsp3) is 0.154. The molecule has 0 fully saturated rings. The minimum Gasteiger partial charge on any atom is -0.377 e. The van der Waals surface area contributed by atoms with E-state index in [9.17, 15) is 13.2 Å². The van der Waals surface area contributed by atoms with E-state index in [-0.39, 0.29) is 5.56 Å². The van der Waals surface area contributed by atoms with Gasteiger partial charge in [0.15, 0.2) is 0 Å². The van der Waals surface area contributed by atoms with Gasteiger partial charge in [-0.15, -0.1) is 0 Å². The van der Waals surface area contributed by atoms with Gasteiger partial charge in [0.2, 0.25) is 5.95 Å². The molecule has 1 N–H and O–H groups in total. The van der Waals surface area contributed by atoms with Crippen LogP contribution in [0.15, 0.2) is 36.5 Å². The van der Waals surface area contributed by atoms with Crippen LogP contribution in [0.2, 0.25) is 0 Å². The number of hydrogen-bond acceptors (Lipinski definition) is 2. The average molecular weight is 252 g/mol. The zero-order valence-corrected chi connectivity index (χ0v) is 9.62. The van der Waals surface area contributed by atoms with Gasteiger partial charge < -0.3 is 5.32 Å². The van der Waals surface area contributed by atoms with Crippen LogP contribution in [-0.2, 0) is 0 Å². The summed E-state index contributed by atoms with van der Waals surface area (Å²) in [6.07, 6.45) is 1.27. The summed E-state index contributed by atoms with van der Waals surface area (Å²) in [6.45, 7) is 1.62. The molecule has 0 aliphatic carbocycles. The van der Waals surface area contributed by atoms with E-state index in [4.69, 9.17) is 0 Å². The summed E-state index contributed by atoms with van der Waals surface area (Å²) in [7, 11) is 0. The van der Waals surface area contributed by atoms with Crippen molar-refractivity contribution in [2.45, 2.75) is 13.0 Å². The molecule has 94 valence electrons. The second-order valence-electron chi connectivity index (χ2n) is 3.87. The molecule has 0 radical (unpaired) electrons. The Kier molecular flexibility index (Phi) is 3.50. The lowest BCUT2D eigenvalue weighted by molar-refractivity contribution is 0.543. The molecule has 1 aromatic carbocycles. The van der Waals surface area contributed by atoms with Gasteiger partial charge in [-0.2, -0.15) is 4.39 Å². The number of nitrogens with one attached hydrogen (secondary N) is 1. The van der Waals surface area contributed by atoms with Crippen LogP contribution in [-0.4, -0.2) is 4.98 Å². The lowest BCUT2D eigenvalue weighted by Crippen LogP contribution is -2.11. The predicted molar refractivity (Wildman–Crippen MR) is 62.6 cm³/mol. The van der Waals surface area contributed by atoms with Crippen molar-refractivity contribution in [2.24, 2.45) is 0 Å². The van der Waals surface area contributed by atoms with Crippen molar-refractivity contribution in [3.63, 3.8) is 0 Å². The van der Waals surface area contributed by atoms with Gasteiger partial charge in [-0.1, -0.05) is 6.07 Å². The lowest BCUT2D eigenvalue weighted by Gasteiger charge is -2.16. The molecule has 18 heavy (non-hydrogen) atoms. The summed E-state index contributed by atoms with van der Waals surface area (Å²) in [5.41, 5.74) is 0.438. The monoisotopic (exact) mass is 252 g/mol. The summed E-state index contributed by atoms with van der Waals surface area (Å²) in [6, 6.07) is 5.74. The van der Waals surface area contributed by atoms with Crippen molar-refractivity contribution < 1.29 is 13.2 Å². The Bertz CT molecular complexity index is 520. The van der Waals surface area contributed by atoms with Crippen molar-refractivity contribution in [1.82, 2.24) is 4.98 Å². The van der Waals surface area contributed by atoms with E-state index >= 15 is 0 Å². The van der Waals surface area contributed by atoms with Crippen LogP contribution in [0.5, 0.6) is 0 Å². The number of anilines is 1. The number of hydrogen-bond donors (Lipinski definition) is 1. The first-order chi connectivity index (χ1) is 8.58. The van der Waals surface area contributed by atoms with Gasteiger partial charge in [-0.3, -0.25) is 0 Å². The van der Waals surface area contributed by atoms with E-state index in [1.54, 1.807) is 6.92 Å². The Morgan fingerprint density at radius 2 is 1.72 bits per heavy atom. The van der Waals surface area contributed by atoms with Crippen LogP contribution in [0, 0.1) is 17.6 Å². The predicted octanol–water partition coefficient (Wildman–Crippen LogP) is 3.67. The maximum Gasteiger partial charge on any atom is 0.212 e. The average Bonchev–Trinajstić information content (AvgIpc) is 2.32. The third-order valence-electron chi connectivity index (χ3n) is 2.54. The summed E-state index contributed by atoms with van der Waals surface area (Å²) in [4.78, 5) is 3.45. The number of aromatic nitrogens is 1. The Labute approximate surface area is 102 Å². The summed E-state index contributed by atoms with van der Waals surface area (Å²) < 4.78 is 39.6. The van der Waals surface area contributed by atoms with Gasteiger partial charge in [0.05, 0.1) is 17.9 Å². The van der Waals surface area contributed by atoms with E-state index in [1.165, 1.54) is 36.5 Å². The van der Waals surface area contributed by atoms with Crippen LogP contribution in [0.1, 0.15) is 18.5 Å². The Hall–Kier alpha value is -2.04. The van der Waals surface area contributed by atoms with Crippen molar-refractivity contribution in [2.75, 3.05) is 5.32 Å². The van der Waals surface area contributed by atoms with E-state index < -0.39 is 23.6 Å². The Morgan fingerprint density at radius 3 is 2.28 bits per heavy atom. The summed E-state index contributed by atoms with van der Waals surface area (Å²) >= 11 is 0. The molecular formula is C13H11F3N2. The minimum atomic E-state index is -0.620. The van der Waals surface area contributed by atoms with Crippen LogP contribution < -0.4 is 5.32 Å². The first kappa shape index (κ1) is 12.4. The molecular weight excluding hydrogens is 241 g/mol. The fourth-order valence-corrected chi connectivity index (χ4v) is 1.71. The van der Waals surface area contributed by atoms with Crippen molar-refractivity contribution in [1.29, 1.82) is 0 Å². The molecule has 0 aliphatic heterocycles. The van der Waals surface area contributed by atoms with Gasteiger partial charge in [0.1, 0.15) is 11.6 Å². The Balaban J connectivity index is 2.22. The van der Waals surface area contributed by atoms with E-state index in [1.807, 2.05) is 0 Å². The minimum absolute atomic E-state index is 0.0539. The van der Waals surface area contributed by atoms with Crippen molar-refractivity contribution in [3.8, 4) is 0 Å². The molecule has 0 bridgehead atoms. The topological polar surface area (TPSA) is 24.9 Å². The molecule has 1 heterocycles. The van der Waals surface area contributed by atoms with Crippen LogP contribution >= 0.6 is 0 Å². The van der Waals surface area contributed by atoms with E-state index in [0.717, 1.165) is 0 Å². The molecule has 1 unspecified atom stereocenters. The normalized spacial score (nSPS) is 12.2. The van der Waals surface area contributed by atoms with Gasteiger partial charge >= 0.3 is 0 Å². The van der Waals surface area contributed by atoms with Crippen molar-refractivity contribution in [3.05, 3.63) is 59.7 Å². The number of pyridine rings is 1. The quantitative estimate of drug-likeness (QED) is 0.843. The number of nitrogens with zero attached hydrogens (tertiary/aromatic N) is 1. The molecule has 0 saturated heterocycles. The molecule has 5 heteroatoms. The van der Waals surface area contributed by atoms with Gasteiger partial charge in [-0.25, -0.2) is 13.8 Å². The van der Waals surface area contributed by atoms with Gasteiger partial charge in [0.25, 0.3) is 0 Å². The zero-order valence-electron chi connectivity index (χ0n) is 9.62. The molecule has 2 nitrogen and oxygen atoms in total. The van der Waals surface area contributed by atoms with Crippen LogP contribution in [0.3, 0.4) is 0 Å².